The van der Waals surface area contributed by atoms with Gasteiger partial charge < -0.3 is 4.57 Å². The lowest BCUT2D eigenvalue weighted by Crippen LogP contribution is -2.17. The van der Waals surface area contributed by atoms with E-state index in [0.29, 0.717) is 5.56 Å². The van der Waals surface area contributed by atoms with E-state index in [1.807, 2.05) is 43.3 Å². The van der Waals surface area contributed by atoms with Crippen molar-refractivity contribution in [1.29, 1.82) is 0 Å². The van der Waals surface area contributed by atoms with Gasteiger partial charge in [-0.1, -0.05) is 42.5 Å². The van der Waals surface area contributed by atoms with E-state index < -0.39 is 0 Å². The number of hydrazone groups is 1. The fraction of sp³-hybridized carbons (Fsp3) is 0.136. The number of fused-ring (bicyclic) bond motifs is 2. The van der Waals surface area contributed by atoms with Crippen molar-refractivity contribution in [1.82, 2.24) is 15.0 Å². The van der Waals surface area contributed by atoms with E-state index in [0.717, 1.165) is 39.7 Å². The van der Waals surface area contributed by atoms with Crippen LogP contribution in [0.15, 0.2) is 65.8 Å². The molecule has 0 saturated heterocycles. The average molecular weight is 356 g/mol. The first-order valence-electron chi connectivity index (χ1n) is 8.95. The van der Waals surface area contributed by atoms with Crippen molar-refractivity contribution in [2.24, 2.45) is 5.10 Å². The Morgan fingerprint density at radius 3 is 2.81 bits per heavy atom. The molecule has 27 heavy (non-hydrogen) atoms. The average Bonchev–Trinajstić information content (AvgIpc) is 3.02. The van der Waals surface area contributed by atoms with E-state index >= 15 is 0 Å². The number of carbonyl (C=O) groups excluding carboxylic acids is 1. The molecule has 3 aromatic carbocycles. The minimum Gasteiger partial charge on any atom is -0.329 e. The summed E-state index contributed by atoms with van der Waals surface area (Å²) >= 11 is 0. The Kier molecular flexibility index (Phi) is 4.42. The van der Waals surface area contributed by atoms with Gasteiger partial charge >= 0.3 is 0 Å². The van der Waals surface area contributed by atoms with Gasteiger partial charge in [0.15, 0.2) is 0 Å². The summed E-state index contributed by atoms with van der Waals surface area (Å²) < 4.78 is 2.12. The SMILES string of the molecule is CCn1c(C)nc2cc(C(=O)NN=Cc3cccc4ccccc34)ccc21. The van der Waals surface area contributed by atoms with Gasteiger partial charge in [-0.25, -0.2) is 10.4 Å². The first-order chi connectivity index (χ1) is 13.2. The van der Waals surface area contributed by atoms with Crippen molar-refractivity contribution >= 4 is 33.9 Å². The van der Waals surface area contributed by atoms with Crippen LogP contribution >= 0.6 is 0 Å². The first-order valence-corrected chi connectivity index (χ1v) is 8.95. The maximum Gasteiger partial charge on any atom is 0.271 e. The van der Waals surface area contributed by atoms with E-state index in [4.69, 9.17) is 0 Å². The second kappa shape index (κ2) is 7.03. The molecule has 1 heterocycles. The molecule has 1 N–H and O–H groups in total. The van der Waals surface area contributed by atoms with Crippen molar-refractivity contribution < 1.29 is 4.79 Å². The van der Waals surface area contributed by atoms with Gasteiger partial charge in [-0.2, -0.15) is 5.10 Å². The van der Waals surface area contributed by atoms with Gasteiger partial charge in [-0.05, 0) is 42.8 Å². The molecule has 0 radical (unpaired) electrons. The van der Waals surface area contributed by atoms with E-state index in [2.05, 4.69) is 39.1 Å². The molecule has 0 aliphatic heterocycles. The predicted octanol–water partition coefficient (Wildman–Crippen LogP) is 4.28. The van der Waals surface area contributed by atoms with Crippen LogP contribution in [0.5, 0.6) is 0 Å². The molecule has 4 aromatic rings. The monoisotopic (exact) mass is 356 g/mol. The summed E-state index contributed by atoms with van der Waals surface area (Å²) in [5.74, 6) is 0.691. The summed E-state index contributed by atoms with van der Waals surface area (Å²) in [6, 6.07) is 19.6. The molecule has 0 aliphatic carbocycles. The molecule has 0 saturated carbocycles. The van der Waals surface area contributed by atoms with Crippen molar-refractivity contribution in [3.05, 3.63) is 77.6 Å². The van der Waals surface area contributed by atoms with Gasteiger partial charge in [0.2, 0.25) is 0 Å². The number of hydrogen-bond donors (Lipinski definition) is 1. The number of aromatic nitrogens is 2. The summed E-state index contributed by atoms with van der Waals surface area (Å²) in [6.07, 6.45) is 1.68. The predicted molar refractivity (Wildman–Crippen MR) is 109 cm³/mol. The number of amides is 1. The fourth-order valence-corrected chi connectivity index (χ4v) is 3.38. The van der Waals surface area contributed by atoms with Crippen LogP contribution in [0.4, 0.5) is 0 Å². The second-order valence-corrected chi connectivity index (χ2v) is 6.37. The molecule has 0 bridgehead atoms. The highest BCUT2D eigenvalue weighted by Crippen LogP contribution is 2.18. The maximum atomic E-state index is 12.4. The van der Waals surface area contributed by atoms with E-state index in [9.17, 15) is 4.79 Å². The second-order valence-electron chi connectivity index (χ2n) is 6.37. The van der Waals surface area contributed by atoms with Crippen molar-refractivity contribution in [2.75, 3.05) is 0 Å². The van der Waals surface area contributed by atoms with Crippen LogP contribution in [-0.4, -0.2) is 21.7 Å². The number of carbonyl (C=O) groups is 1. The molecule has 0 spiro atoms. The molecular formula is C22H20N4O. The molecule has 1 amide bonds. The molecule has 0 aliphatic rings. The maximum absolute atomic E-state index is 12.4. The van der Waals surface area contributed by atoms with Crippen molar-refractivity contribution in [2.45, 2.75) is 20.4 Å². The standard InChI is InChI=1S/C22H20N4O/c1-3-26-15(2)24-20-13-17(11-12-21(20)26)22(27)25-23-14-18-9-6-8-16-7-4-5-10-19(16)18/h4-14H,3H2,1-2H3,(H,25,27). The number of hydrogen-bond acceptors (Lipinski definition) is 3. The summed E-state index contributed by atoms with van der Waals surface area (Å²) in [7, 11) is 0. The number of imidazole rings is 1. The molecule has 5 heteroatoms. The molecule has 0 unspecified atom stereocenters. The Morgan fingerprint density at radius 2 is 1.96 bits per heavy atom. The van der Waals surface area contributed by atoms with Crippen molar-refractivity contribution in [3.8, 4) is 0 Å². The van der Waals surface area contributed by atoms with E-state index in [1.165, 1.54) is 0 Å². The third-order valence-corrected chi connectivity index (χ3v) is 4.71. The molecular weight excluding hydrogens is 336 g/mol. The highest BCUT2D eigenvalue weighted by Gasteiger charge is 2.10. The Labute approximate surface area is 157 Å². The summed E-state index contributed by atoms with van der Waals surface area (Å²) in [4.78, 5) is 17.0. The lowest BCUT2D eigenvalue weighted by atomic mass is 10.1. The zero-order valence-corrected chi connectivity index (χ0v) is 15.3. The third-order valence-electron chi connectivity index (χ3n) is 4.71. The first kappa shape index (κ1) is 17.0. The largest absolute Gasteiger partial charge is 0.329 e. The number of nitrogens with one attached hydrogen (secondary N) is 1. The van der Waals surface area contributed by atoms with Gasteiger partial charge in [0.25, 0.3) is 5.91 Å². The number of benzene rings is 3. The summed E-state index contributed by atoms with van der Waals surface area (Å²) in [6.45, 7) is 4.90. The van der Waals surface area contributed by atoms with E-state index in [1.54, 1.807) is 18.3 Å². The van der Waals surface area contributed by atoms with Crippen LogP contribution < -0.4 is 5.43 Å². The van der Waals surface area contributed by atoms with Crippen molar-refractivity contribution in [3.63, 3.8) is 0 Å². The molecule has 0 atom stereocenters. The van der Waals surface area contributed by atoms with Crippen LogP contribution in [0.25, 0.3) is 21.8 Å². The number of rotatable bonds is 4. The molecule has 134 valence electrons. The lowest BCUT2D eigenvalue weighted by Gasteiger charge is -2.03. The Balaban J connectivity index is 1.55. The zero-order chi connectivity index (χ0) is 18.8. The number of aryl methyl sites for hydroxylation is 2. The highest BCUT2D eigenvalue weighted by atomic mass is 16.2. The van der Waals surface area contributed by atoms with Gasteiger partial charge in [-0.3, -0.25) is 4.79 Å². The lowest BCUT2D eigenvalue weighted by molar-refractivity contribution is 0.0955. The highest BCUT2D eigenvalue weighted by molar-refractivity contribution is 6.01. The van der Waals surface area contributed by atoms with Gasteiger partial charge in [0, 0.05) is 17.7 Å². The smallest absolute Gasteiger partial charge is 0.271 e. The summed E-state index contributed by atoms with van der Waals surface area (Å²) in [5.41, 5.74) is 5.96. The Morgan fingerprint density at radius 1 is 1.15 bits per heavy atom. The zero-order valence-electron chi connectivity index (χ0n) is 15.3. The van der Waals surface area contributed by atoms with E-state index in [-0.39, 0.29) is 5.91 Å². The molecule has 5 nitrogen and oxygen atoms in total. The normalized spacial score (nSPS) is 11.5. The van der Waals surface area contributed by atoms with Gasteiger partial charge in [0.1, 0.15) is 5.82 Å². The van der Waals surface area contributed by atoms with Crippen LogP contribution in [-0.2, 0) is 6.54 Å². The third kappa shape index (κ3) is 3.19. The van der Waals surface area contributed by atoms with Crippen LogP contribution in [0.1, 0.15) is 28.7 Å². The summed E-state index contributed by atoms with van der Waals surface area (Å²) in [5, 5.41) is 6.37. The fourth-order valence-electron chi connectivity index (χ4n) is 3.38. The Hall–Kier alpha value is -3.47. The minimum absolute atomic E-state index is 0.253. The molecule has 0 fully saturated rings. The van der Waals surface area contributed by atoms with Gasteiger partial charge in [-0.15, -0.1) is 0 Å². The van der Waals surface area contributed by atoms with Gasteiger partial charge in [0.05, 0.1) is 17.2 Å². The van der Waals surface area contributed by atoms with Crippen LogP contribution in [0, 0.1) is 6.92 Å². The van der Waals surface area contributed by atoms with Crippen LogP contribution in [0.2, 0.25) is 0 Å². The molecule has 4 rings (SSSR count). The topological polar surface area (TPSA) is 59.3 Å². The number of nitrogens with zero attached hydrogens (tertiary/aromatic N) is 3. The van der Waals surface area contributed by atoms with Crippen LogP contribution in [0.3, 0.4) is 0 Å². The minimum atomic E-state index is -0.253. The quantitative estimate of drug-likeness (QED) is 0.438. The Bertz CT molecular complexity index is 1170. The molecule has 1 aromatic heterocycles.